The molecule has 1 aliphatic heterocycles. The van der Waals surface area contributed by atoms with E-state index in [4.69, 9.17) is 11.5 Å². The van der Waals surface area contributed by atoms with Crippen LogP contribution in [0, 0.1) is 17.3 Å². The monoisotopic (exact) mass is 281 g/mol. The van der Waals surface area contributed by atoms with Crippen molar-refractivity contribution in [1.82, 2.24) is 5.32 Å². The lowest BCUT2D eigenvalue weighted by Crippen LogP contribution is -2.61. The lowest BCUT2D eigenvalue weighted by atomic mass is 9.57. The molecular formula is C17H35N3. The Labute approximate surface area is 125 Å². The largest absolute Gasteiger partial charge is 0.330 e. The summed E-state index contributed by atoms with van der Waals surface area (Å²) in [6, 6.07) is 0. The molecule has 1 aliphatic carbocycles. The molecule has 2 fully saturated rings. The van der Waals surface area contributed by atoms with Crippen LogP contribution < -0.4 is 16.8 Å². The first kappa shape index (κ1) is 16.3. The summed E-state index contributed by atoms with van der Waals surface area (Å²) >= 11 is 0. The zero-order valence-corrected chi connectivity index (χ0v) is 14.0. The average Bonchev–Trinajstić information content (AvgIpc) is 2.35. The lowest BCUT2D eigenvalue weighted by molar-refractivity contribution is -0.000649. The van der Waals surface area contributed by atoms with E-state index in [-0.39, 0.29) is 11.1 Å². The number of hydrogen-bond donors (Lipinski definition) is 3. The van der Waals surface area contributed by atoms with Crippen LogP contribution in [-0.4, -0.2) is 24.2 Å². The molecule has 118 valence electrons. The molecule has 2 atom stereocenters. The molecule has 3 heteroatoms. The summed E-state index contributed by atoms with van der Waals surface area (Å²) < 4.78 is 0. The lowest BCUT2D eigenvalue weighted by Gasteiger charge is -2.55. The summed E-state index contributed by atoms with van der Waals surface area (Å²) in [6.45, 7) is 11.0. The molecule has 1 saturated carbocycles. The van der Waals surface area contributed by atoms with Gasteiger partial charge < -0.3 is 16.8 Å². The summed E-state index contributed by atoms with van der Waals surface area (Å²) in [6.07, 6.45) is 7.64. The van der Waals surface area contributed by atoms with Crippen molar-refractivity contribution in [2.45, 2.75) is 77.3 Å². The van der Waals surface area contributed by atoms with Crippen molar-refractivity contribution < 1.29 is 0 Å². The van der Waals surface area contributed by atoms with Gasteiger partial charge in [0, 0.05) is 11.1 Å². The summed E-state index contributed by atoms with van der Waals surface area (Å²) in [4.78, 5) is 0. The maximum atomic E-state index is 6.30. The highest BCUT2D eigenvalue weighted by molar-refractivity contribution is 5.04. The molecule has 1 saturated heterocycles. The first-order valence-electron chi connectivity index (χ1n) is 8.41. The highest BCUT2D eigenvalue weighted by Gasteiger charge is 2.48. The first-order valence-corrected chi connectivity index (χ1v) is 8.41. The second kappa shape index (κ2) is 5.58. The summed E-state index contributed by atoms with van der Waals surface area (Å²) in [5, 5.41) is 3.80. The van der Waals surface area contributed by atoms with Crippen LogP contribution in [0.2, 0.25) is 0 Å². The molecule has 0 aromatic rings. The SMILES string of the molecule is CC1(C)CC(C2(CN)CCCC(CN)C2)CC(C)(C)N1. The van der Waals surface area contributed by atoms with Gasteiger partial charge in [0.1, 0.15) is 0 Å². The highest BCUT2D eigenvalue weighted by Crippen LogP contribution is 2.51. The fourth-order valence-electron chi connectivity index (χ4n) is 5.20. The molecule has 2 rings (SSSR count). The van der Waals surface area contributed by atoms with E-state index < -0.39 is 0 Å². The van der Waals surface area contributed by atoms with Gasteiger partial charge in [-0.2, -0.15) is 0 Å². The number of piperidine rings is 1. The zero-order chi connectivity index (χ0) is 15.0. The van der Waals surface area contributed by atoms with Crippen LogP contribution in [0.5, 0.6) is 0 Å². The van der Waals surface area contributed by atoms with Gasteiger partial charge in [-0.1, -0.05) is 6.42 Å². The maximum Gasteiger partial charge on any atom is 0.0132 e. The van der Waals surface area contributed by atoms with Crippen molar-refractivity contribution in [3.05, 3.63) is 0 Å². The van der Waals surface area contributed by atoms with Crippen LogP contribution in [0.3, 0.4) is 0 Å². The van der Waals surface area contributed by atoms with Crippen molar-refractivity contribution in [3.63, 3.8) is 0 Å². The Morgan fingerprint density at radius 2 is 1.60 bits per heavy atom. The highest BCUT2D eigenvalue weighted by atomic mass is 15.1. The van der Waals surface area contributed by atoms with Gasteiger partial charge in [-0.05, 0) is 90.1 Å². The van der Waals surface area contributed by atoms with Crippen molar-refractivity contribution >= 4 is 0 Å². The summed E-state index contributed by atoms with van der Waals surface area (Å²) in [5.74, 6) is 1.42. The van der Waals surface area contributed by atoms with E-state index in [9.17, 15) is 0 Å². The second-order valence-electron chi connectivity index (χ2n) is 8.76. The van der Waals surface area contributed by atoms with Gasteiger partial charge in [0.05, 0.1) is 0 Å². The van der Waals surface area contributed by atoms with Gasteiger partial charge in [0.15, 0.2) is 0 Å². The minimum atomic E-state index is 0.213. The normalized spacial score (nSPS) is 37.8. The van der Waals surface area contributed by atoms with Crippen LogP contribution in [0.1, 0.15) is 66.2 Å². The Hall–Kier alpha value is -0.120. The first-order chi connectivity index (χ1) is 9.22. The van der Waals surface area contributed by atoms with Crippen LogP contribution in [0.25, 0.3) is 0 Å². The quantitative estimate of drug-likeness (QED) is 0.745. The second-order valence-corrected chi connectivity index (χ2v) is 8.76. The van der Waals surface area contributed by atoms with Gasteiger partial charge in [0.2, 0.25) is 0 Å². The molecule has 20 heavy (non-hydrogen) atoms. The van der Waals surface area contributed by atoms with E-state index in [0.29, 0.717) is 11.3 Å². The van der Waals surface area contributed by atoms with Gasteiger partial charge in [-0.25, -0.2) is 0 Å². The minimum Gasteiger partial charge on any atom is -0.330 e. The van der Waals surface area contributed by atoms with Gasteiger partial charge in [0.25, 0.3) is 0 Å². The fraction of sp³-hybridized carbons (Fsp3) is 1.00. The van der Waals surface area contributed by atoms with E-state index >= 15 is 0 Å². The molecule has 0 bridgehead atoms. The van der Waals surface area contributed by atoms with E-state index in [1.54, 1.807) is 0 Å². The Kier molecular flexibility index (Phi) is 4.54. The van der Waals surface area contributed by atoms with Crippen molar-refractivity contribution in [2.75, 3.05) is 13.1 Å². The van der Waals surface area contributed by atoms with Crippen LogP contribution in [0.15, 0.2) is 0 Å². The van der Waals surface area contributed by atoms with Gasteiger partial charge >= 0.3 is 0 Å². The van der Waals surface area contributed by atoms with Gasteiger partial charge in [-0.3, -0.25) is 0 Å². The van der Waals surface area contributed by atoms with E-state index in [0.717, 1.165) is 19.0 Å². The number of rotatable bonds is 3. The number of nitrogens with two attached hydrogens (primary N) is 2. The van der Waals surface area contributed by atoms with E-state index in [2.05, 4.69) is 33.0 Å². The van der Waals surface area contributed by atoms with Crippen molar-refractivity contribution in [3.8, 4) is 0 Å². The van der Waals surface area contributed by atoms with E-state index in [1.807, 2.05) is 0 Å². The van der Waals surface area contributed by atoms with Crippen LogP contribution in [0.4, 0.5) is 0 Å². The Balaban J connectivity index is 2.21. The zero-order valence-electron chi connectivity index (χ0n) is 14.0. The molecule has 5 N–H and O–H groups in total. The molecular weight excluding hydrogens is 246 g/mol. The third-order valence-corrected chi connectivity index (χ3v) is 5.78. The predicted molar refractivity (Wildman–Crippen MR) is 86.5 cm³/mol. The van der Waals surface area contributed by atoms with Crippen molar-refractivity contribution in [2.24, 2.45) is 28.7 Å². The standard InChI is InChI=1S/C17H35N3/c1-15(2)9-14(10-16(3,4)20-15)17(12-19)7-5-6-13(8-17)11-18/h13-14,20H,5-12,18-19H2,1-4H3. The van der Waals surface area contributed by atoms with Gasteiger partial charge in [-0.15, -0.1) is 0 Å². The average molecular weight is 281 g/mol. The molecule has 1 heterocycles. The fourth-order valence-corrected chi connectivity index (χ4v) is 5.20. The maximum absolute atomic E-state index is 6.30. The topological polar surface area (TPSA) is 64.1 Å². The number of nitrogens with one attached hydrogen (secondary N) is 1. The summed E-state index contributed by atoms with van der Waals surface area (Å²) in [7, 11) is 0. The predicted octanol–water partition coefficient (Wildman–Crippen LogP) is 2.64. The van der Waals surface area contributed by atoms with E-state index in [1.165, 1.54) is 38.5 Å². The molecule has 0 radical (unpaired) electrons. The molecule has 3 nitrogen and oxygen atoms in total. The molecule has 2 aliphatic rings. The molecule has 0 aromatic heterocycles. The van der Waals surface area contributed by atoms with Crippen molar-refractivity contribution in [1.29, 1.82) is 0 Å². The Morgan fingerprint density at radius 1 is 1.00 bits per heavy atom. The molecule has 2 unspecified atom stereocenters. The number of hydrogen-bond acceptors (Lipinski definition) is 3. The summed E-state index contributed by atoms with van der Waals surface area (Å²) in [5.41, 5.74) is 13.0. The Bertz CT molecular complexity index is 321. The minimum absolute atomic E-state index is 0.213. The third kappa shape index (κ3) is 3.37. The smallest absolute Gasteiger partial charge is 0.0132 e. The molecule has 0 amide bonds. The molecule has 0 aromatic carbocycles. The van der Waals surface area contributed by atoms with Crippen LogP contribution >= 0.6 is 0 Å². The van der Waals surface area contributed by atoms with Crippen LogP contribution in [-0.2, 0) is 0 Å². The molecule has 0 spiro atoms. The third-order valence-electron chi connectivity index (χ3n) is 5.78. The Morgan fingerprint density at radius 3 is 2.10 bits per heavy atom.